The zero-order chi connectivity index (χ0) is 21.7. The molecule has 0 aliphatic rings. The molecule has 3 aromatic rings. The summed E-state index contributed by atoms with van der Waals surface area (Å²) >= 11 is 11.7. The Morgan fingerprint density at radius 1 is 0.867 bits per heavy atom. The van der Waals surface area contributed by atoms with Crippen LogP contribution in [0.4, 0.5) is 22.7 Å². The lowest BCUT2D eigenvalue weighted by Crippen LogP contribution is -2.19. The number of nitrogens with one attached hydrogen (secondary N) is 3. The molecule has 0 spiro atoms. The van der Waals surface area contributed by atoms with Gasteiger partial charge in [0.15, 0.2) is 5.11 Å². The van der Waals surface area contributed by atoms with Crippen LogP contribution in [0.1, 0.15) is 15.9 Å². The summed E-state index contributed by atoms with van der Waals surface area (Å²) < 4.78 is 0. The molecule has 0 radical (unpaired) electrons. The maximum atomic E-state index is 12.4. The first-order valence-corrected chi connectivity index (χ1v) is 10.1. The van der Waals surface area contributed by atoms with Gasteiger partial charge in [0, 0.05) is 36.7 Å². The number of amides is 1. The molecule has 0 unspecified atom stereocenters. The third-order valence-corrected chi connectivity index (χ3v) is 4.98. The van der Waals surface area contributed by atoms with Gasteiger partial charge >= 0.3 is 0 Å². The molecule has 30 heavy (non-hydrogen) atoms. The average molecular weight is 439 g/mol. The van der Waals surface area contributed by atoms with Crippen molar-refractivity contribution in [3.63, 3.8) is 0 Å². The van der Waals surface area contributed by atoms with Crippen LogP contribution in [0.25, 0.3) is 0 Å². The second kappa shape index (κ2) is 9.61. The lowest BCUT2D eigenvalue weighted by atomic mass is 10.1. The number of hydrogen-bond donors (Lipinski definition) is 3. The van der Waals surface area contributed by atoms with E-state index in [1.807, 2.05) is 92.6 Å². The summed E-state index contributed by atoms with van der Waals surface area (Å²) in [6.45, 7) is 1.91. The van der Waals surface area contributed by atoms with Crippen LogP contribution < -0.4 is 20.9 Å². The van der Waals surface area contributed by atoms with Crippen LogP contribution in [-0.4, -0.2) is 25.1 Å². The maximum absolute atomic E-state index is 12.4. The van der Waals surface area contributed by atoms with E-state index in [0.717, 1.165) is 22.6 Å². The van der Waals surface area contributed by atoms with Gasteiger partial charge in [0.05, 0.1) is 10.7 Å². The third-order valence-electron chi connectivity index (χ3n) is 4.48. The number of hydrogen-bond acceptors (Lipinski definition) is 3. The number of thiocarbonyl (C=S) groups is 1. The molecule has 0 saturated heterocycles. The number of carbonyl (C=O) groups excluding carboxylic acids is 1. The van der Waals surface area contributed by atoms with E-state index in [-0.39, 0.29) is 5.91 Å². The molecule has 154 valence electrons. The van der Waals surface area contributed by atoms with Gasteiger partial charge in [-0.1, -0.05) is 29.8 Å². The fraction of sp³-hybridized carbons (Fsp3) is 0.130. The maximum Gasteiger partial charge on any atom is 0.255 e. The lowest BCUT2D eigenvalue weighted by Gasteiger charge is -2.16. The first kappa shape index (κ1) is 21.6. The standard InChI is InChI=1S/C23H23ClN4OS/c1-15-6-4-5-7-19(15)22(29)25-16-8-10-17(11-9-16)26-23(30)27-18-12-13-21(28(2)3)20(24)14-18/h4-14H,1-3H3,(H,25,29)(H2,26,27,30). The predicted octanol–water partition coefficient (Wildman–Crippen LogP) is 5.78. The van der Waals surface area contributed by atoms with Crippen molar-refractivity contribution in [2.75, 3.05) is 34.9 Å². The largest absolute Gasteiger partial charge is 0.376 e. The molecule has 5 nitrogen and oxygen atoms in total. The summed E-state index contributed by atoms with van der Waals surface area (Å²) in [6, 6.07) is 20.5. The minimum Gasteiger partial charge on any atom is -0.376 e. The Kier molecular flexibility index (Phi) is 6.92. The molecule has 0 fully saturated rings. The zero-order valence-corrected chi connectivity index (χ0v) is 18.6. The molecular formula is C23H23ClN4OS. The third kappa shape index (κ3) is 5.49. The van der Waals surface area contributed by atoms with Gasteiger partial charge in [0.1, 0.15) is 0 Å². The van der Waals surface area contributed by atoms with E-state index in [2.05, 4.69) is 16.0 Å². The predicted molar refractivity (Wildman–Crippen MR) is 131 cm³/mol. The van der Waals surface area contributed by atoms with Gasteiger partial charge in [-0.05, 0) is 73.2 Å². The molecule has 0 saturated carbocycles. The number of halogens is 1. The van der Waals surface area contributed by atoms with Crippen LogP contribution in [-0.2, 0) is 0 Å². The van der Waals surface area contributed by atoms with Crippen molar-refractivity contribution in [1.29, 1.82) is 0 Å². The minimum absolute atomic E-state index is 0.135. The molecule has 0 aromatic heterocycles. The first-order chi connectivity index (χ1) is 14.3. The van der Waals surface area contributed by atoms with E-state index in [9.17, 15) is 4.79 Å². The van der Waals surface area contributed by atoms with Crippen LogP contribution in [0.15, 0.2) is 66.7 Å². The zero-order valence-electron chi connectivity index (χ0n) is 17.0. The number of rotatable bonds is 5. The molecule has 7 heteroatoms. The number of anilines is 4. The van der Waals surface area contributed by atoms with Crippen molar-refractivity contribution in [1.82, 2.24) is 0 Å². The Bertz CT molecular complexity index is 1070. The molecule has 0 bridgehead atoms. The van der Waals surface area contributed by atoms with Crippen LogP contribution in [0, 0.1) is 6.92 Å². The minimum atomic E-state index is -0.135. The van der Waals surface area contributed by atoms with Gasteiger partial charge in [-0.15, -0.1) is 0 Å². The summed E-state index contributed by atoms with van der Waals surface area (Å²) in [6.07, 6.45) is 0. The van der Waals surface area contributed by atoms with Crippen molar-refractivity contribution in [2.24, 2.45) is 0 Å². The molecule has 1 amide bonds. The van der Waals surface area contributed by atoms with Crippen molar-refractivity contribution < 1.29 is 4.79 Å². The van der Waals surface area contributed by atoms with E-state index >= 15 is 0 Å². The van der Waals surface area contributed by atoms with Gasteiger partial charge in [-0.25, -0.2) is 0 Å². The highest BCUT2D eigenvalue weighted by molar-refractivity contribution is 7.80. The summed E-state index contributed by atoms with van der Waals surface area (Å²) in [5.74, 6) is -0.135. The van der Waals surface area contributed by atoms with Crippen LogP contribution >= 0.6 is 23.8 Å². The second-order valence-electron chi connectivity index (χ2n) is 6.99. The van der Waals surface area contributed by atoms with Crippen LogP contribution in [0.2, 0.25) is 5.02 Å². The van der Waals surface area contributed by atoms with E-state index in [1.54, 1.807) is 0 Å². The Morgan fingerprint density at radius 2 is 1.43 bits per heavy atom. The van der Waals surface area contributed by atoms with E-state index in [4.69, 9.17) is 23.8 Å². The van der Waals surface area contributed by atoms with Gasteiger partial charge in [0.2, 0.25) is 0 Å². The summed E-state index contributed by atoms with van der Waals surface area (Å²) in [5.41, 5.74) is 4.83. The SMILES string of the molecule is Cc1ccccc1C(=O)Nc1ccc(NC(=S)Nc2ccc(N(C)C)c(Cl)c2)cc1. The monoisotopic (exact) mass is 438 g/mol. The normalized spacial score (nSPS) is 10.3. The highest BCUT2D eigenvalue weighted by atomic mass is 35.5. The van der Waals surface area contributed by atoms with Crippen molar-refractivity contribution in [3.05, 3.63) is 82.9 Å². The quantitative estimate of drug-likeness (QED) is 0.441. The molecule has 0 aliphatic carbocycles. The van der Waals surface area contributed by atoms with Crippen LogP contribution in [0.5, 0.6) is 0 Å². The number of aryl methyl sites for hydroxylation is 1. The second-order valence-corrected chi connectivity index (χ2v) is 7.80. The highest BCUT2D eigenvalue weighted by Gasteiger charge is 2.09. The number of nitrogens with zero attached hydrogens (tertiary/aromatic N) is 1. The molecule has 3 N–H and O–H groups in total. The molecule has 0 atom stereocenters. The average Bonchev–Trinajstić information content (AvgIpc) is 2.69. The smallest absolute Gasteiger partial charge is 0.255 e. The Hall–Kier alpha value is -3.09. The molecule has 0 heterocycles. The van der Waals surface area contributed by atoms with Crippen molar-refractivity contribution in [2.45, 2.75) is 6.92 Å². The summed E-state index contributed by atoms with van der Waals surface area (Å²) in [7, 11) is 3.88. The van der Waals surface area contributed by atoms with E-state index < -0.39 is 0 Å². The Balaban J connectivity index is 1.59. The number of carbonyl (C=O) groups is 1. The van der Waals surface area contributed by atoms with Gasteiger partial charge in [-0.2, -0.15) is 0 Å². The van der Waals surface area contributed by atoms with Crippen molar-refractivity contribution in [3.8, 4) is 0 Å². The van der Waals surface area contributed by atoms with Gasteiger partial charge in [-0.3, -0.25) is 4.79 Å². The molecular weight excluding hydrogens is 416 g/mol. The summed E-state index contributed by atoms with van der Waals surface area (Å²) in [4.78, 5) is 14.4. The van der Waals surface area contributed by atoms with E-state index in [1.165, 1.54) is 0 Å². The van der Waals surface area contributed by atoms with Crippen molar-refractivity contribution >= 4 is 57.6 Å². The molecule has 3 aromatic carbocycles. The lowest BCUT2D eigenvalue weighted by molar-refractivity contribution is 0.102. The Morgan fingerprint density at radius 3 is 2.03 bits per heavy atom. The summed E-state index contributed by atoms with van der Waals surface area (Å²) in [5, 5.41) is 10.2. The molecule has 0 aliphatic heterocycles. The van der Waals surface area contributed by atoms with Gasteiger partial charge < -0.3 is 20.9 Å². The Labute approximate surface area is 187 Å². The van der Waals surface area contributed by atoms with Gasteiger partial charge in [0.25, 0.3) is 5.91 Å². The fourth-order valence-electron chi connectivity index (χ4n) is 2.90. The molecule has 3 rings (SSSR count). The van der Waals surface area contributed by atoms with E-state index in [0.29, 0.717) is 21.4 Å². The highest BCUT2D eigenvalue weighted by Crippen LogP contribution is 2.27. The fourth-order valence-corrected chi connectivity index (χ4v) is 3.49. The van der Waals surface area contributed by atoms with Crippen LogP contribution in [0.3, 0.4) is 0 Å². The first-order valence-electron chi connectivity index (χ1n) is 9.35. The topological polar surface area (TPSA) is 56.4 Å². The number of benzene rings is 3.